The van der Waals surface area contributed by atoms with Crippen LogP contribution in [0.1, 0.15) is 19.3 Å². The molecule has 1 heterocycles. The van der Waals surface area contributed by atoms with Crippen LogP contribution in [0.25, 0.3) is 0 Å². The Balaban J connectivity index is 2.58. The zero-order valence-electron chi connectivity index (χ0n) is 9.19. The van der Waals surface area contributed by atoms with Crippen LogP contribution >= 0.6 is 0 Å². The third-order valence-electron chi connectivity index (χ3n) is 2.86. The van der Waals surface area contributed by atoms with Crippen LogP contribution in [-0.2, 0) is 4.79 Å². The molecule has 2 atom stereocenters. The topological polar surface area (TPSA) is 20.3 Å². The van der Waals surface area contributed by atoms with E-state index < -0.39 is 0 Å². The van der Waals surface area contributed by atoms with Gasteiger partial charge in [0, 0.05) is 6.54 Å². The van der Waals surface area contributed by atoms with E-state index in [0.29, 0.717) is 0 Å². The molecule has 0 aromatic carbocycles. The molecule has 0 aliphatic carbocycles. The summed E-state index contributed by atoms with van der Waals surface area (Å²) in [5, 5.41) is 0. The molecule has 2 heteroatoms. The third kappa shape index (κ3) is 2.58. The van der Waals surface area contributed by atoms with E-state index in [1.54, 1.807) is 6.08 Å². The van der Waals surface area contributed by atoms with Crippen LogP contribution in [0.5, 0.6) is 0 Å². The predicted octanol–water partition coefficient (Wildman–Crippen LogP) is 2.54. The van der Waals surface area contributed by atoms with Crippen molar-refractivity contribution in [2.45, 2.75) is 25.3 Å². The summed E-state index contributed by atoms with van der Waals surface area (Å²) < 4.78 is 0. The lowest BCUT2D eigenvalue weighted by atomic mass is 10.1. The van der Waals surface area contributed by atoms with Crippen LogP contribution in [0.3, 0.4) is 0 Å². The maximum absolute atomic E-state index is 11.9. The smallest absolute Gasteiger partial charge is 0.230 e. The quantitative estimate of drug-likeness (QED) is 0.482. The fourth-order valence-corrected chi connectivity index (χ4v) is 1.97. The highest BCUT2D eigenvalue weighted by Crippen LogP contribution is 2.26. The molecule has 1 aliphatic heterocycles. The van der Waals surface area contributed by atoms with E-state index in [4.69, 9.17) is 0 Å². The second-order valence-electron chi connectivity index (χ2n) is 3.84. The number of likely N-dealkylation sites (tertiary alicyclic amines) is 1. The second kappa shape index (κ2) is 5.54. The van der Waals surface area contributed by atoms with E-state index in [1.807, 2.05) is 17.1 Å². The molecule has 2 nitrogen and oxygen atoms in total. The summed E-state index contributed by atoms with van der Waals surface area (Å²) in [6.07, 6.45) is 8.24. The molecule has 15 heavy (non-hydrogen) atoms. The largest absolute Gasteiger partial charge is 0.336 e. The number of hydrogen-bond acceptors (Lipinski definition) is 1. The molecular weight excluding hydrogens is 186 g/mol. The van der Waals surface area contributed by atoms with Gasteiger partial charge in [0.1, 0.15) is 0 Å². The lowest BCUT2D eigenvalue weighted by molar-refractivity contribution is -0.130. The molecule has 1 aliphatic rings. The minimum atomic E-state index is -0.0169. The fraction of sp³-hybridized carbons (Fsp3) is 0.462. The highest BCUT2D eigenvalue weighted by Gasteiger charge is 2.35. The van der Waals surface area contributed by atoms with Gasteiger partial charge < -0.3 is 4.90 Å². The molecule has 1 rings (SSSR count). The van der Waals surface area contributed by atoms with E-state index >= 15 is 0 Å². The van der Waals surface area contributed by atoms with Crippen molar-refractivity contribution in [2.24, 2.45) is 5.92 Å². The van der Waals surface area contributed by atoms with Gasteiger partial charge in [-0.1, -0.05) is 18.2 Å². The molecule has 1 saturated heterocycles. The summed E-state index contributed by atoms with van der Waals surface area (Å²) in [5.41, 5.74) is 0. The van der Waals surface area contributed by atoms with Crippen molar-refractivity contribution in [1.82, 2.24) is 4.90 Å². The Morgan fingerprint density at radius 3 is 2.60 bits per heavy atom. The van der Waals surface area contributed by atoms with Gasteiger partial charge in [-0.25, -0.2) is 0 Å². The van der Waals surface area contributed by atoms with Crippen LogP contribution < -0.4 is 0 Å². The molecule has 0 radical (unpaired) electrons. The van der Waals surface area contributed by atoms with E-state index in [0.717, 1.165) is 25.8 Å². The molecule has 0 spiro atoms. The van der Waals surface area contributed by atoms with Crippen molar-refractivity contribution in [3.8, 4) is 0 Å². The molecule has 1 fully saturated rings. The van der Waals surface area contributed by atoms with E-state index in [-0.39, 0.29) is 17.9 Å². The summed E-state index contributed by atoms with van der Waals surface area (Å²) in [6.45, 7) is 11.9. The highest BCUT2D eigenvalue weighted by molar-refractivity contribution is 5.83. The van der Waals surface area contributed by atoms with Gasteiger partial charge in [0.05, 0.1) is 12.0 Å². The monoisotopic (exact) mass is 205 g/mol. The summed E-state index contributed by atoms with van der Waals surface area (Å²) in [7, 11) is 0. The maximum Gasteiger partial charge on any atom is 0.230 e. The highest BCUT2D eigenvalue weighted by atomic mass is 16.2. The Morgan fingerprint density at radius 2 is 2.07 bits per heavy atom. The van der Waals surface area contributed by atoms with Gasteiger partial charge in [0.15, 0.2) is 0 Å². The van der Waals surface area contributed by atoms with Crippen LogP contribution in [0.4, 0.5) is 0 Å². The number of unbranched alkanes of at least 4 members (excludes halogenated alkanes) is 1. The third-order valence-corrected chi connectivity index (χ3v) is 2.86. The van der Waals surface area contributed by atoms with Gasteiger partial charge in [0.25, 0.3) is 0 Å². The number of allylic oxidation sites excluding steroid dienone is 1. The summed E-state index contributed by atoms with van der Waals surface area (Å²) in [5.74, 6) is 0.177. The molecule has 0 bridgehead atoms. The van der Waals surface area contributed by atoms with Crippen molar-refractivity contribution in [1.29, 1.82) is 0 Å². The number of hydrogen-bond donors (Lipinski definition) is 0. The molecule has 82 valence electrons. The molecule has 0 saturated carbocycles. The standard InChI is InChI=1S/C13H19NO/c1-4-7-8-9-14-12(6-3)10-11(5-2)13(14)15/h4-6,11-12H,1-3,7-10H2/t11-,12+/m0/s1. The van der Waals surface area contributed by atoms with Crippen LogP contribution in [0.15, 0.2) is 38.0 Å². The SMILES string of the molecule is C=CCCCN1C(=O)[C@@H](C=C)C[C@H]1C=C. The molecule has 0 N–H and O–H groups in total. The van der Waals surface area contributed by atoms with Gasteiger partial charge in [-0.3, -0.25) is 4.79 Å². The zero-order valence-corrected chi connectivity index (χ0v) is 9.19. The molecule has 0 unspecified atom stereocenters. The van der Waals surface area contributed by atoms with Gasteiger partial charge >= 0.3 is 0 Å². The number of nitrogens with zero attached hydrogens (tertiary/aromatic N) is 1. The van der Waals surface area contributed by atoms with Gasteiger partial charge in [-0.15, -0.1) is 19.7 Å². The molecule has 0 aromatic rings. The Kier molecular flexibility index (Phi) is 4.35. The van der Waals surface area contributed by atoms with Gasteiger partial charge in [-0.2, -0.15) is 0 Å². The Labute approximate surface area is 92.0 Å². The summed E-state index contributed by atoms with van der Waals surface area (Å²) >= 11 is 0. The van der Waals surface area contributed by atoms with E-state index in [1.165, 1.54) is 0 Å². The summed E-state index contributed by atoms with van der Waals surface area (Å²) in [6, 6.07) is 0.185. The minimum absolute atomic E-state index is 0.0169. The first-order chi connectivity index (χ1) is 7.24. The normalized spacial score (nSPS) is 25.3. The van der Waals surface area contributed by atoms with E-state index in [2.05, 4.69) is 19.7 Å². The number of carbonyl (C=O) groups is 1. The average Bonchev–Trinajstić information content (AvgIpc) is 2.56. The number of rotatable bonds is 6. The first-order valence-electron chi connectivity index (χ1n) is 5.41. The second-order valence-corrected chi connectivity index (χ2v) is 3.84. The van der Waals surface area contributed by atoms with Crippen LogP contribution in [-0.4, -0.2) is 23.4 Å². The molecule has 0 aromatic heterocycles. The van der Waals surface area contributed by atoms with Crippen LogP contribution in [0.2, 0.25) is 0 Å². The maximum atomic E-state index is 11.9. The lowest BCUT2D eigenvalue weighted by Crippen LogP contribution is -2.33. The average molecular weight is 205 g/mol. The van der Waals surface area contributed by atoms with Crippen molar-refractivity contribution in [3.05, 3.63) is 38.0 Å². The summed E-state index contributed by atoms with van der Waals surface area (Å²) in [4.78, 5) is 13.8. The van der Waals surface area contributed by atoms with Crippen molar-refractivity contribution in [2.75, 3.05) is 6.54 Å². The lowest BCUT2D eigenvalue weighted by Gasteiger charge is -2.21. The Morgan fingerprint density at radius 1 is 1.33 bits per heavy atom. The van der Waals surface area contributed by atoms with Crippen molar-refractivity contribution >= 4 is 5.91 Å². The van der Waals surface area contributed by atoms with Crippen molar-refractivity contribution in [3.63, 3.8) is 0 Å². The first-order valence-corrected chi connectivity index (χ1v) is 5.41. The Bertz CT molecular complexity index is 270. The predicted molar refractivity (Wildman–Crippen MR) is 63.4 cm³/mol. The van der Waals surface area contributed by atoms with Gasteiger partial charge in [0.2, 0.25) is 5.91 Å². The number of amides is 1. The fourth-order valence-electron chi connectivity index (χ4n) is 1.97. The van der Waals surface area contributed by atoms with E-state index in [9.17, 15) is 4.79 Å². The minimum Gasteiger partial charge on any atom is -0.336 e. The zero-order chi connectivity index (χ0) is 11.3. The van der Waals surface area contributed by atoms with Gasteiger partial charge in [-0.05, 0) is 19.3 Å². The number of carbonyl (C=O) groups excluding carboxylic acids is 1. The van der Waals surface area contributed by atoms with Crippen molar-refractivity contribution < 1.29 is 4.79 Å². The Hall–Kier alpha value is -1.31. The first kappa shape index (κ1) is 11.8. The molecular formula is C13H19NO. The van der Waals surface area contributed by atoms with Crippen LogP contribution in [0, 0.1) is 5.92 Å². The molecule has 1 amide bonds.